The van der Waals surface area contributed by atoms with Gasteiger partial charge < -0.3 is 11.1 Å². The lowest BCUT2D eigenvalue weighted by Crippen LogP contribution is -2.53. The molecule has 1 fully saturated rings. The second kappa shape index (κ2) is 5.29. The van der Waals surface area contributed by atoms with Gasteiger partial charge in [-0.2, -0.15) is 0 Å². The van der Waals surface area contributed by atoms with E-state index in [1.165, 1.54) is 5.56 Å². The van der Waals surface area contributed by atoms with Crippen LogP contribution >= 0.6 is 12.2 Å². The van der Waals surface area contributed by atoms with Crippen LogP contribution < -0.4 is 11.1 Å². The monoisotopic (exact) mass is 276 g/mol. The Balaban J connectivity index is 2.06. The van der Waals surface area contributed by atoms with Gasteiger partial charge in [-0.25, -0.2) is 0 Å². The summed E-state index contributed by atoms with van der Waals surface area (Å²) < 4.78 is 0. The summed E-state index contributed by atoms with van der Waals surface area (Å²) in [5, 5.41) is 3.03. The molecule has 2 rings (SSSR count). The SMILES string of the molecule is Cc1ccc(C(C)NC(=O)C2(C(N)=S)CCC2)cc1. The molecule has 1 saturated carbocycles. The Hall–Kier alpha value is -1.42. The van der Waals surface area contributed by atoms with Gasteiger partial charge in [0.25, 0.3) is 0 Å². The number of aryl methyl sites for hydroxylation is 1. The molecule has 1 amide bonds. The number of rotatable bonds is 4. The van der Waals surface area contributed by atoms with Crippen LogP contribution in [0.3, 0.4) is 0 Å². The van der Waals surface area contributed by atoms with Crippen LogP contribution in [0.4, 0.5) is 0 Å². The van der Waals surface area contributed by atoms with Crippen molar-refractivity contribution in [2.75, 3.05) is 0 Å². The molecule has 3 N–H and O–H groups in total. The molecule has 0 saturated heterocycles. The molecule has 3 nitrogen and oxygen atoms in total. The number of nitrogens with one attached hydrogen (secondary N) is 1. The van der Waals surface area contributed by atoms with Crippen molar-refractivity contribution in [3.05, 3.63) is 35.4 Å². The Morgan fingerprint density at radius 3 is 2.37 bits per heavy atom. The lowest BCUT2D eigenvalue weighted by atomic mass is 9.68. The smallest absolute Gasteiger partial charge is 0.233 e. The largest absolute Gasteiger partial charge is 0.392 e. The maximum Gasteiger partial charge on any atom is 0.233 e. The van der Waals surface area contributed by atoms with Crippen molar-refractivity contribution in [2.45, 2.75) is 39.2 Å². The molecule has 0 heterocycles. The summed E-state index contributed by atoms with van der Waals surface area (Å²) in [6.07, 6.45) is 2.56. The number of hydrogen-bond donors (Lipinski definition) is 2. The lowest BCUT2D eigenvalue weighted by Gasteiger charge is -2.39. The number of benzene rings is 1. The molecule has 0 aliphatic heterocycles. The van der Waals surface area contributed by atoms with E-state index < -0.39 is 5.41 Å². The van der Waals surface area contributed by atoms with E-state index in [9.17, 15) is 4.79 Å². The Morgan fingerprint density at radius 2 is 1.95 bits per heavy atom. The molecule has 1 atom stereocenters. The van der Waals surface area contributed by atoms with Gasteiger partial charge in [0.15, 0.2) is 0 Å². The summed E-state index contributed by atoms with van der Waals surface area (Å²) in [6, 6.07) is 8.14. The summed E-state index contributed by atoms with van der Waals surface area (Å²) in [7, 11) is 0. The summed E-state index contributed by atoms with van der Waals surface area (Å²) in [6.45, 7) is 4.03. The first-order chi connectivity index (χ1) is 8.95. The lowest BCUT2D eigenvalue weighted by molar-refractivity contribution is -0.131. The van der Waals surface area contributed by atoms with Crippen LogP contribution in [0, 0.1) is 12.3 Å². The number of carbonyl (C=O) groups is 1. The third-order valence-corrected chi connectivity index (χ3v) is 4.43. The van der Waals surface area contributed by atoms with E-state index >= 15 is 0 Å². The Bertz CT molecular complexity index is 491. The van der Waals surface area contributed by atoms with Crippen molar-refractivity contribution in [3.8, 4) is 0 Å². The van der Waals surface area contributed by atoms with Crippen LogP contribution in [-0.2, 0) is 4.79 Å². The Labute approximate surface area is 119 Å². The van der Waals surface area contributed by atoms with Gasteiger partial charge in [-0.05, 0) is 32.3 Å². The molecular weight excluding hydrogens is 256 g/mol. The quantitative estimate of drug-likeness (QED) is 0.831. The van der Waals surface area contributed by atoms with Gasteiger partial charge in [0.2, 0.25) is 5.91 Å². The van der Waals surface area contributed by atoms with Gasteiger partial charge >= 0.3 is 0 Å². The molecule has 102 valence electrons. The van der Waals surface area contributed by atoms with Gasteiger partial charge in [-0.1, -0.05) is 48.5 Å². The number of thiocarbonyl (C=S) groups is 1. The summed E-state index contributed by atoms with van der Waals surface area (Å²) >= 11 is 5.06. The van der Waals surface area contributed by atoms with Crippen LogP contribution in [0.15, 0.2) is 24.3 Å². The second-order valence-corrected chi connectivity index (χ2v) is 5.85. The van der Waals surface area contributed by atoms with E-state index in [1.54, 1.807) is 0 Å². The van der Waals surface area contributed by atoms with Crippen molar-refractivity contribution in [1.29, 1.82) is 0 Å². The van der Waals surface area contributed by atoms with Gasteiger partial charge in [-0.15, -0.1) is 0 Å². The van der Waals surface area contributed by atoms with E-state index in [2.05, 4.69) is 5.32 Å². The Kier molecular flexibility index (Phi) is 3.90. The zero-order valence-electron chi connectivity index (χ0n) is 11.4. The fraction of sp³-hybridized carbons (Fsp3) is 0.467. The third-order valence-electron chi connectivity index (χ3n) is 4.04. The van der Waals surface area contributed by atoms with Crippen LogP contribution in [0.2, 0.25) is 0 Å². The fourth-order valence-corrected chi connectivity index (χ4v) is 2.69. The summed E-state index contributed by atoms with van der Waals surface area (Å²) in [5.41, 5.74) is 7.44. The van der Waals surface area contributed by atoms with Crippen LogP contribution in [-0.4, -0.2) is 10.9 Å². The minimum absolute atomic E-state index is 0.0278. The van der Waals surface area contributed by atoms with Gasteiger partial charge in [0.1, 0.15) is 0 Å². The van der Waals surface area contributed by atoms with Crippen LogP contribution in [0.25, 0.3) is 0 Å². The van der Waals surface area contributed by atoms with Crippen molar-refractivity contribution in [2.24, 2.45) is 11.1 Å². The molecular formula is C15H20N2OS. The molecule has 19 heavy (non-hydrogen) atoms. The average molecular weight is 276 g/mol. The van der Waals surface area contributed by atoms with Gasteiger partial charge in [0, 0.05) is 0 Å². The highest BCUT2D eigenvalue weighted by Crippen LogP contribution is 2.41. The van der Waals surface area contributed by atoms with E-state index in [-0.39, 0.29) is 11.9 Å². The first-order valence-corrected chi connectivity index (χ1v) is 7.04. The minimum atomic E-state index is -0.603. The van der Waals surface area contributed by atoms with Crippen molar-refractivity contribution in [1.82, 2.24) is 5.32 Å². The number of hydrogen-bond acceptors (Lipinski definition) is 2. The average Bonchev–Trinajstić information content (AvgIpc) is 2.27. The first kappa shape index (κ1) is 14.0. The van der Waals surface area contributed by atoms with Crippen LogP contribution in [0.5, 0.6) is 0 Å². The molecule has 0 radical (unpaired) electrons. The fourth-order valence-electron chi connectivity index (χ4n) is 2.39. The maximum absolute atomic E-state index is 12.4. The van der Waals surface area contributed by atoms with E-state index in [0.717, 1.165) is 24.8 Å². The molecule has 0 aromatic heterocycles. The molecule has 1 aromatic rings. The van der Waals surface area contributed by atoms with E-state index in [0.29, 0.717) is 4.99 Å². The predicted octanol–water partition coefficient (Wildman–Crippen LogP) is 2.63. The van der Waals surface area contributed by atoms with Crippen LogP contribution in [0.1, 0.15) is 43.4 Å². The predicted molar refractivity (Wildman–Crippen MR) is 80.8 cm³/mol. The topological polar surface area (TPSA) is 55.1 Å². The molecule has 4 heteroatoms. The summed E-state index contributed by atoms with van der Waals surface area (Å²) in [4.78, 5) is 12.7. The molecule has 0 bridgehead atoms. The normalized spacial score (nSPS) is 18.2. The molecule has 0 spiro atoms. The number of carbonyl (C=O) groups excluding carboxylic acids is 1. The van der Waals surface area contributed by atoms with Crippen molar-refractivity contribution >= 4 is 23.1 Å². The van der Waals surface area contributed by atoms with Gasteiger partial charge in [-0.3, -0.25) is 4.79 Å². The van der Waals surface area contributed by atoms with E-state index in [1.807, 2.05) is 38.1 Å². The highest BCUT2D eigenvalue weighted by molar-refractivity contribution is 7.80. The number of amides is 1. The minimum Gasteiger partial charge on any atom is -0.392 e. The highest BCUT2D eigenvalue weighted by atomic mass is 32.1. The van der Waals surface area contributed by atoms with Crippen molar-refractivity contribution in [3.63, 3.8) is 0 Å². The molecule has 1 aromatic carbocycles. The zero-order chi connectivity index (χ0) is 14.0. The highest BCUT2D eigenvalue weighted by Gasteiger charge is 2.47. The van der Waals surface area contributed by atoms with Crippen molar-refractivity contribution < 1.29 is 4.79 Å². The Morgan fingerprint density at radius 1 is 1.37 bits per heavy atom. The standard InChI is InChI=1S/C15H20N2OS/c1-10-4-6-12(7-5-10)11(2)17-14(18)15(13(16)19)8-3-9-15/h4-7,11H,3,8-9H2,1-2H3,(H2,16,19)(H,17,18). The van der Waals surface area contributed by atoms with Gasteiger partial charge in [0.05, 0.1) is 16.4 Å². The summed E-state index contributed by atoms with van der Waals surface area (Å²) in [5.74, 6) is -0.0284. The third kappa shape index (κ3) is 2.63. The molecule has 1 aliphatic rings. The first-order valence-electron chi connectivity index (χ1n) is 6.63. The maximum atomic E-state index is 12.4. The number of nitrogens with two attached hydrogens (primary N) is 1. The molecule has 1 unspecified atom stereocenters. The zero-order valence-corrected chi connectivity index (χ0v) is 12.2. The molecule has 1 aliphatic carbocycles. The van der Waals surface area contributed by atoms with E-state index in [4.69, 9.17) is 18.0 Å². The second-order valence-electron chi connectivity index (χ2n) is 5.41.